The highest BCUT2D eigenvalue weighted by atomic mass is 32.2. The van der Waals surface area contributed by atoms with Gasteiger partial charge >= 0.3 is 0 Å². The van der Waals surface area contributed by atoms with Gasteiger partial charge in [0.05, 0.1) is 5.97 Å². The fourth-order valence-electron chi connectivity index (χ4n) is 2.21. The van der Waals surface area contributed by atoms with Crippen LogP contribution in [0.5, 0.6) is 5.75 Å². The lowest BCUT2D eigenvalue weighted by molar-refractivity contribution is -0.255. The van der Waals surface area contributed by atoms with Crippen LogP contribution < -0.4 is 14.6 Å². The third kappa shape index (κ3) is 4.77. The largest absolute Gasteiger partial charge is 0.545 e. The lowest BCUT2D eigenvalue weighted by Gasteiger charge is -2.12. The molecule has 6 nitrogen and oxygen atoms in total. The summed E-state index contributed by atoms with van der Waals surface area (Å²) in [6, 6.07) is 8.01. The van der Waals surface area contributed by atoms with Crippen molar-refractivity contribution in [1.29, 1.82) is 0 Å². The number of benzene rings is 2. The summed E-state index contributed by atoms with van der Waals surface area (Å²) in [5.74, 6) is -2.02. The number of ether oxygens (including phenoxy) is 1. The number of carbonyl (C=O) groups excluding carboxylic acids is 1. The molecule has 0 spiro atoms. The van der Waals surface area contributed by atoms with Gasteiger partial charge < -0.3 is 14.6 Å². The first-order valence-electron chi connectivity index (χ1n) is 7.41. The number of halogens is 1. The van der Waals surface area contributed by atoms with E-state index in [0.717, 1.165) is 29.3 Å². The summed E-state index contributed by atoms with van der Waals surface area (Å²) >= 11 is 0. The van der Waals surface area contributed by atoms with Gasteiger partial charge in [-0.3, -0.25) is 0 Å². The lowest BCUT2D eigenvalue weighted by atomic mass is 10.1. The first kappa shape index (κ1) is 18.9. The fourth-order valence-corrected chi connectivity index (χ4v) is 3.33. The molecule has 0 unspecified atom stereocenters. The molecule has 2 aromatic carbocycles. The third-order valence-electron chi connectivity index (χ3n) is 3.44. The molecule has 1 N–H and O–H groups in total. The van der Waals surface area contributed by atoms with Crippen LogP contribution in [0.15, 0.2) is 41.3 Å². The van der Waals surface area contributed by atoms with Crippen molar-refractivity contribution < 1.29 is 27.4 Å². The zero-order valence-electron chi connectivity index (χ0n) is 13.7. The molecule has 0 atom stereocenters. The molecule has 0 amide bonds. The molecule has 0 bridgehead atoms. The van der Waals surface area contributed by atoms with E-state index in [1.165, 1.54) is 0 Å². The summed E-state index contributed by atoms with van der Waals surface area (Å²) in [5, 5.41) is 10.8. The van der Waals surface area contributed by atoms with Gasteiger partial charge in [-0.1, -0.05) is 23.8 Å². The Kier molecular flexibility index (Phi) is 5.76. The predicted molar refractivity (Wildman–Crippen MR) is 87.3 cm³/mol. The van der Waals surface area contributed by atoms with Crippen LogP contribution in [0.25, 0.3) is 0 Å². The van der Waals surface area contributed by atoms with Gasteiger partial charge in [0.1, 0.15) is 23.1 Å². The molecule has 0 aliphatic rings. The van der Waals surface area contributed by atoms with Gasteiger partial charge in [0.15, 0.2) is 0 Å². The third-order valence-corrected chi connectivity index (χ3v) is 4.91. The van der Waals surface area contributed by atoms with Crippen LogP contribution in [0, 0.1) is 19.7 Å². The molecule has 0 aliphatic heterocycles. The minimum absolute atomic E-state index is 0.0327. The maximum Gasteiger partial charge on any atom is 0.243 e. The zero-order valence-corrected chi connectivity index (χ0v) is 14.5. The van der Waals surface area contributed by atoms with Crippen molar-refractivity contribution in [3.63, 3.8) is 0 Å². The second-order valence-electron chi connectivity index (χ2n) is 5.45. The maximum absolute atomic E-state index is 13.7. The normalized spacial score (nSPS) is 11.3. The Morgan fingerprint density at radius 1 is 1.20 bits per heavy atom. The van der Waals surface area contributed by atoms with E-state index in [2.05, 4.69) is 4.72 Å². The lowest BCUT2D eigenvalue weighted by Crippen LogP contribution is -2.30. The second kappa shape index (κ2) is 7.62. The molecule has 0 heterocycles. The summed E-state index contributed by atoms with van der Waals surface area (Å²) in [5.41, 5.74) is 1.57. The van der Waals surface area contributed by atoms with Gasteiger partial charge in [-0.25, -0.2) is 17.5 Å². The Morgan fingerprint density at radius 3 is 2.56 bits per heavy atom. The predicted octanol–water partition coefficient (Wildman–Crippen LogP) is 1.16. The van der Waals surface area contributed by atoms with E-state index in [1.807, 2.05) is 26.0 Å². The van der Waals surface area contributed by atoms with Crippen molar-refractivity contribution in [2.24, 2.45) is 0 Å². The zero-order chi connectivity index (χ0) is 18.6. The summed E-state index contributed by atoms with van der Waals surface area (Å²) in [6.45, 7) is 3.74. The molecular formula is C17H17FNO5S-. The topological polar surface area (TPSA) is 95.5 Å². The van der Waals surface area contributed by atoms with Gasteiger partial charge in [0, 0.05) is 6.54 Å². The molecule has 0 radical (unpaired) electrons. The van der Waals surface area contributed by atoms with Gasteiger partial charge in [-0.05, 0) is 43.2 Å². The quantitative estimate of drug-likeness (QED) is 0.742. The van der Waals surface area contributed by atoms with Crippen LogP contribution in [-0.4, -0.2) is 27.5 Å². The first-order valence-corrected chi connectivity index (χ1v) is 8.89. The molecular weight excluding hydrogens is 349 g/mol. The summed E-state index contributed by atoms with van der Waals surface area (Å²) < 4.78 is 45.7. The fraction of sp³-hybridized carbons (Fsp3) is 0.235. The smallest absolute Gasteiger partial charge is 0.243 e. The molecule has 0 aromatic heterocycles. The Bertz CT molecular complexity index is 896. The number of carboxylic acids is 1. The van der Waals surface area contributed by atoms with E-state index in [4.69, 9.17) is 4.74 Å². The van der Waals surface area contributed by atoms with E-state index in [-0.39, 0.29) is 13.2 Å². The number of aromatic carboxylic acids is 1. The monoisotopic (exact) mass is 366 g/mol. The number of carbonyl (C=O) groups is 1. The number of carboxylic acid groups (broad SMARTS) is 1. The average molecular weight is 366 g/mol. The van der Waals surface area contributed by atoms with Crippen molar-refractivity contribution in [3.8, 4) is 5.75 Å². The first-order chi connectivity index (χ1) is 11.7. The van der Waals surface area contributed by atoms with Crippen LogP contribution >= 0.6 is 0 Å². The summed E-state index contributed by atoms with van der Waals surface area (Å²) in [7, 11) is -4.21. The standard InChI is InChI=1S/C17H18FNO5S/c1-11-3-6-15(12(2)9-11)24-8-7-19-25(22,23)16-10-13(17(20)21)4-5-14(16)18/h3-6,9-10,19H,7-8H2,1-2H3,(H,20,21)/p-1. The molecule has 2 aromatic rings. The maximum atomic E-state index is 13.7. The number of hydrogen-bond acceptors (Lipinski definition) is 5. The van der Waals surface area contributed by atoms with Gasteiger partial charge in [-0.15, -0.1) is 0 Å². The number of rotatable bonds is 7. The van der Waals surface area contributed by atoms with Crippen LogP contribution in [0.4, 0.5) is 4.39 Å². The Morgan fingerprint density at radius 2 is 1.92 bits per heavy atom. The van der Waals surface area contributed by atoms with E-state index in [0.29, 0.717) is 5.75 Å². The SMILES string of the molecule is Cc1ccc(OCCNS(=O)(=O)c2cc(C(=O)[O-])ccc2F)c(C)c1. The highest BCUT2D eigenvalue weighted by Crippen LogP contribution is 2.19. The molecule has 2 rings (SSSR count). The van der Waals surface area contributed by atoms with E-state index < -0.39 is 32.3 Å². The molecule has 134 valence electrons. The van der Waals surface area contributed by atoms with E-state index >= 15 is 0 Å². The van der Waals surface area contributed by atoms with Crippen LogP contribution in [-0.2, 0) is 10.0 Å². The molecule has 0 fully saturated rings. The highest BCUT2D eigenvalue weighted by Gasteiger charge is 2.19. The van der Waals surface area contributed by atoms with Crippen molar-refractivity contribution in [1.82, 2.24) is 4.72 Å². The van der Waals surface area contributed by atoms with Crippen molar-refractivity contribution in [2.45, 2.75) is 18.7 Å². The van der Waals surface area contributed by atoms with Gasteiger partial charge in [0.2, 0.25) is 10.0 Å². The van der Waals surface area contributed by atoms with Crippen LogP contribution in [0.3, 0.4) is 0 Å². The van der Waals surface area contributed by atoms with Crippen LogP contribution in [0.2, 0.25) is 0 Å². The summed E-state index contributed by atoms with van der Waals surface area (Å²) in [4.78, 5) is 10.0. The average Bonchev–Trinajstić information content (AvgIpc) is 2.53. The molecule has 8 heteroatoms. The summed E-state index contributed by atoms with van der Waals surface area (Å²) in [6.07, 6.45) is 0. The Balaban J connectivity index is 2.02. The van der Waals surface area contributed by atoms with Crippen molar-refractivity contribution in [3.05, 3.63) is 58.9 Å². The molecule has 25 heavy (non-hydrogen) atoms. The molecule has 0 saturated heterocycles. The Labute approximate surface area is 145 Å². The highest BCUT2D eigenvalue weighted by molar-refractivity contribution is 7.89. The number of aryl methyl sites for hydroxylation is 2. The minimum atomic E-state index is -4.21. The minimum Gasteiger partial charge on any atom is -0.545 e. The van der Waals surface area contributed by atoms with E-state index in [9.17, 15) is 22.7 Å². The number of hydrogen-bond donors (Lipinski definition) is 1. The molecule has 0 aliphatic carbocycles. The van der Waals surface area contributed by atoms with Crippen molar-refractivity contribution >= 4 is 16.0 Å². The van der Waals surface area contributed by atoms with E-state index in [1.54, 1.807) is 6.07 Å². The second-order valence-corrected chi connectivity index (χ2v) is 7.18. The number of sulfonamides is 1. The van der Waals surface area contributed by atoms with Gasteiger partial charge in [-0.2, -0.15) is 0 Å². The van der Waals surface area contributed by atoms with Gasteiger partial charge in [0.25, 0.3) is 0 Å². The Hall–Kier alpha value is -2.45. The molecule has 0 saturated carbocycles. The number of nitrogens with one attached hydrogen (secondary N) is 1. The van der Waals surface area contributed by atoms with Crippen molar-refractivity contribution in [2.75, 3.05) is 13.2 Å². The van der Waals surface area contributed by atoms with Crippen LogP contribution in [0.1, 0.15) is 21.5 Å².